The van der Waals surface area contributed by atoms with E-state index in [4.69, 9.17) is 4.74 Å². The number of carbonyl (C=O) groups is 1. The number of rotatable bonds is 2. The van der Waals surface area contributed by atoms with E-state index in [1.165, 1.54) is 13.5 Å². The molecule has 1 aliphatic heterocycles. The summed E-state index contributed by atoms with van der Waals surface area (Å²) in [5, 5.41) is 3.45. The Kier molecular flexibility index (Phi) is 2.78. The molecule has 5 nitrogen and oxygen atoms in total. The van der Waals surface area contributed by atoms with Crippen molar-refractivity contribution < 1.29 is 9.53 Å². The third-order valence-corrected chi connectivity index (χ3v) is 4.13. The van der Waals surface area contributed by atoms with Crippen LogP contribution in [-0.2, 0) is 10.2 Å². The largest absolute Gasteiger partial charge is 0.464 e. The van der Waals surface area contributed by atoms with Crippen LogP contribution in [0.15, 0.2) is 12.3 Å². The summed E-state index contributed by atoms with van der Waals surface area (Å²) in [5.74, 6) is 1.12. The number of hydrogen-bond acceptors (Lipinski definition) is 5. The molecule has 1 saturated heterocycles. The van der Waals surface area contributed by atoms with Crippen molar-refractivity contribution in [3.8, 4) is 0 Å². The van der Waals surface area contributed by atoms with Crippen molar-refractivity contribution in [2.45, 2.75) is 24.7 Å². The standard InChI is InChI=1S/C13H17N3O2/c1-18-11(17)10-3-5-15-12(16-10)13-4-2-9(6-13)7-14-8-13/h3,5,9,14H,2,4,6-8H2,1H3. The zero-order chi connectivity index (χ0) is 12.6. The number of ether oxygens (including phenoxy) is 1. The SMILES string of the molecule is COC(=O)c1ccnc(C23CCC(CNC2)C3)n1. The third kappa shape index (κ3) is 1.79. The molecule has 2 aliphatic rings. The summed E-state index contributed by atoms with van der Waals surface area (Å²) in [5.41, 5.74) is 0.373. The monoisotopic (exact) mass is 247 g/mol. The highest BCUT2D eigenvalue weighted by Gasteiger charge is 2.45. The van der Waals surface area contributed by atoms with E-state index in [2.05, 4.69) is 15.3 Å². The first-order chi connectivity index (χ1) is 8.73. The fourth-order valence-corrected chi connectivity index (χ4v) is 3.20. The molecule has 96 valence electrons. The first-order valence-electron chi connectivity index (χ1n) is 6.36. The number of carbonyl (C=O) groups excluding carboxylic acids is 1. The molecule has 1 saturated carbocycles. The van der Waals surface area contributed by atoms with Gasteiger partial charge in [0.25, 0.3) is 0 Å². The van der Waals surface area contributed by atoms with E-state index in [1.54, 1.807) is 12.3 Å². The zero-order valence-corrected chi connectivity index (χ0v) is 10.5. The van der Waals surface area contributed by atoms with Crippen molar-refractivity contribution in [3.63, 3.8) is 0 Å². The molecule has 0 aromatic carbocycles. The molecule has 1 aromatic rings. The minimum atomic E-state index is -0.395. The summed E-state index contributed by atoms with van der Waals surface area (Å²) >= 11 is 0. The summed E-state index contributed by atoms with van der Waals surface area (Å²) in [6.45, 7) is 2.01. The maximum Gasteiger partial charge on any atom is 0.356 e. The van der Waals surface area contributed by atoms with Crippen LogP contribution in [0.4, 0.5) is 0 Å². The summed E-state index contributed by atoms with van der Waals surface area (Å²) < 4.78 is 4.71. The second kappa shape index (κ2) is 4.31. The van der Waals surface area contributed by atoms with E-state index in [-0.39, 0.29) is 5.41 Å². The highest BCUT2D eigenvalue weighted by molar-refractivity contribution is 5.86. The Hall–Kier alpha value is -1.49. The van der Waals surface area contributed by atoms with Gasteiger partial charge >= 0.3 is 5.97 Å². The normalized spacial score (nSPS) is 30.2. The molecule has 18 heavy (non-hydrogen) atoms. The number of nitrogens with one attached hydrogen (secondary N) is 1. The molecule has 1 aromatic heterocycles. The van der Waals surface area contributed by atoms with Gasteiger partial charge in [0.2, 0.25) is 0 Å². The molecule has 2 atom stereocenters. The maximum absolute atomic E-state index is 11.5. The van der Waals surface area contributed by atoms with Gasteiger partial charge in [0.1, 0.15) is 5.82 Å². The molecule has 1 N–H and O–H groups in total. The first kappa shape index (κ1) is 11.6. The molecule has 2 heterocycles. The lowest BCUT2D eigenvalue weighted by Crippen LogP contribution is -2.43. The van der Waals surface area contributed by atoms with Gasteiger partial charge in [0.15, 0.2) is 5.69 Å². The molecule has 2 fully saturated rings. The van der Waals surface area contributed by atoms with Crippen LogP contribution >= 0.6 is 0 Å². The maximum atomic E-state index is 11.5. The van der Waals surface area contributed by atoms with Crippen molar-refractivity contribution in [1.29, 1.82) is 0 Å². The third-order valence-electron chi connectivity index (χ3n) is 4.13. The number of fused-ring (bicyclic) bond motifs is 2. The van der Waals surface area contributed by atoms with Crippen LogP contribution in [0.25, 0.3) is 0 Å². The van der Waals surface area contributed by atoms with Gasteiger partial charge in [-0.05, 0) is 37.8 Å². The Morgan fingerprint density at radius 3 is 3.33 bits per heavy atom. The fourth-order valence-electron chi connectivity index (χ4n) is 3.20. The topological polar surface area (TPSA) is 64.1 Å². The minimum absolute atomic E-state index is 0.0208. The Labute approximate surface area is 106 Å². The van der Waals surface area contributed by atoms with Crippen molar-refractivity contribution >= 4 is 5.97 Å². The lowest BCUT2D eigenvalue weighted by molar-refractivity contribution is 0.0593. The van der Waals surface area contributed by atoms with Gasteiger partial charge in [-0.1, -0.05) is 0 Å². The lowest BCUT2D eigenvalue weighted by Gasteiger charge is -2.32. The van der Waals surface area contributed by atoms with E-state index < -0.39 is 5.97 Å². The van der Waals surface area contributed by atoms with E-state index in [1.807, 2.05) is 0 Å². The van der Waals surface area contributed by atoms with Crippen LogP contribution in [0, 0.1) is 5.92 Å². The number of esters is 1. The highest BCUT2D eigenvalue weighted by Crippen LogP contribution is 2.44. The number of nitrogens with zero attached hydrogens (tertiary/aromatic N) is 2. The fraction of sp³-hybridized carbons (Fsp3) is 0.615. The average molecular weight is 247 g/mol. The van der Waals surface area contributed by atoms with Crippen LogP contribution < -0.4 is 5.32 Å². The zero-order valence-electron chi connectivity index (χ0n) is 10.5. The molecule has 3 rings (SSSR count). The molecule has 2 bridgehead atoms. The second-order valence-electron chi connectivity index (χ2n) is 5.28. The summed E-state index contributed by atoms with van der Waals surface area (Å²) in [7, 11) is 1.37. The molecule has 0 spiro atoms. The van der Waals surface area contributed by atoms with Crippen molar-refractivity contribution in [2.75, 3.05) is 20.2 Å². The number of hydrogen-bond donors (Lipinski definition) is 1. The number of methoxy groups -OCH3 is 1. The molecule has 1 aliphatic carbocycles. The summed E-state index contributed by atoms with van der Waals surface area (Å²) in [4.78, 5) is 20.3. The molecular weight excluding hydrogens is 230 g/mol. The van der Waals surface area contributed by atoms with Gasteiger partial charge in [0, 0.05) is 18.2 Å². The molecule has 5 heteroatoms. The van der Waals surface area contributed by atoms with Gasteiger partial charge in [0.05, 0.1) is 7.11 Å². The molecule has 2 unspecified atom stereocenters. The van der Waals surface area contributed by atoms with E-state index >= 15 is 0 Å². The minimum Gasteiger partial charge on any atom is -0.464 e. The summed E-state index contributed by atoms with van der Waals surface area (Å²) in [6.07, 6.45) is 5.12. The predicted octanol–water partition coefficient (Wildman–Crippen LogP) is 0.904. The van der Waals surface area contributed by atoms with Crippen LogP contribution in [0.1, 0.15) is 35.6 Å². The van der Waals surface area contributed by atoms with Gasteiger partial charge in [-0.2, -0.15) is 0 Å². The Morgan fingerprint density at radius 2 is 2.50 bits per heavy atom. The van der Waals surface area contributed by atoms with Crippen molar-refractivity contribution in [1.82, 2.24) is 15.3 Å². The average Bonchev–Trinajstić information content (AvgIpc) is 2.74. The number of aromatic nitrogens is 2. The van der Waals surface area contributed by atoms with E-state index in [0.717, 1.165) is 37.7 Å². The van der Waals surface area contributed by atoms with Crippen LogP contribution in [0.2, 0.25) is 0 Å². The molecule has 0 amide bonds. The Morgan fingerprint density at radius 1 is 1.61 bits per heavy atom. The van der Waals surface area contributed by atoms with Crippen LogP contribution in [-0.4, -0.2) is 36.1 Å². The molecule has 0 radical (unpaired) electrons. The van der Waals surface area contributed by atoms with Gasteiger partial charge < -0.3 is 10.1 Å². The molecular formula is C13H17N3O2. The van der Waals surface area contributed by atoms with Crippen molar-refractivity contribution in [2.24, 2.45) is 5.92 Å². The van der Waals surface area contributed by atoms with E-state index in [0.29, 0.717) is 5.69 Å². The predicted molar refractivity (Wildman–Crippen MR) is 65.3 cm³/mol. The van der Waals surface area contributed by atoms with Gasteiger partial charge in [-0.3, -0.25) is 0 Å². The first-order valence-corrected chi connectivity index (χ1v) is 6.36. The lowest BCUT2D eigenvalue weighted by atomic mass is 9.82. The Bertz CT molecular complexity index is 473. The Balaban J connectivity index is 1.94. The van der Waals surface area contributed by atoms with E-state index in [9.17, 15) is 4.79 Å². The number of piperidine rings is 1. The highest BCUT2D eigenvalue weighted by atomic mass is 16.5. The smallest absolute Gasteiger partial charge is 0.356 e. The van der Waals surface area contributed by atoms with Crippen LogP contribution in [0.3, 0.4) is 0 Å². The van der Waals surface area contributed by atoms with Gasteiger partial charge in [-0.15, -0.1) is 0 Å². The van der Waals surface area contributed by atoms with Crippen molar-refractivity contribution in [3.05, 3.63) is 23.8 Å². The van der Waals surface area contributed by atoms with Gasteiger partial charge in [-0.25, -0.2) is 14.8 Å². The summed E-state index contributed by atoms with van der Waals surface area (Å²) in [6, 6.07) is 1.61. The quantitative estimate of drug-likeness (QED) is 0.787. The second-order valence-corrected chi connectivity index (χ2v) is 5.28. The van der Waals surface area contributed by atoms with Crippen LogP contribution in [0.5, 0.6) is 0 Å².